The highest BCUT2D eigenvalue weighted by Crippen LogP contribution is 2.07. The van der Waals surface area contributed by atoms with Crippen LogP contribution >= 0.6 is 0 Å². The van der Waals surface area contributed by atoms with E-state index in [-0.39, 0.29) is 12.5 Å². The van der Waals surface area contributed by atoms with Crippen LogP contribution in [0, 0.1) is 11.3 Å². The molecule has 0 aromatic carbocycles. The maximum absolute atomic E-state index is 8.78. The molecule has 0 saturated heterocycles. The average molecular weight is 143 g/mol. The fourth-order valence-corrected chi connectivity index (χ4v) is 0.959. The topological polar surface area (TPSA) is 44.1 Å². The van der Waals surface area contributed by atoms with Crippen molar-refractivity contribution in [3.63, 3.8) is 0 Å². The number of hydrogen-bond donors (Lipinski definition) is 2. The molecule has 0 fully saturated rings. The molecular weight excluding hydrogens is 126 g/mol. The van der Waals surface area contributed by atoms with Crippen LogP contribution in [0.25, 0.3) is 0 Å². The predicted octanol–water partition coefficient (Wildman–Crippen LogP) is 1.82. The van der Waals surface area contributed by atoms with Gasteiger partial charge in [-0.3, -0.25) is 0 Å². The van der Waals surface area contributed by atoms with Gasteiger partial charge in [-0.25, -0.2) is 0 Å². The lowest BCUT2D eigenvalue weighted by Gasteiger charge is -2.11. The van der Waals surface area contributed by atoms with E-state index in [1.807, 2.05) is 6.92 Å². The summed E-state index contributed by atoms with van der Waals surface area (Å²) in [5.74, 6) is 0.111. The summed E-state index contributed by atoms with van der Waals surface area (Å²) in [5.41, 5.74) is 0.701. The first-order valence-electron chi connectivity index (χ1n) is 3.94. The first kappa shape index (κ1) is 9.63. The second-order valence-corrected chi connectivity index (χ2v) is 2.56. The van der Waals surface area contributed by atoms with E-state index in [1.165, 1.54) is 0 Å². The molecule has 0 aliphatic carbocycles. The van der Waals surface area contributed by atoms with Crippen molar-refractivity contribution in [1.29, 1.82) is 5.41 Å². The SMILES string of the molecule is CCCC(=N)C(CC)CO. The Morgan fingerprint density at radius 2 is 2.10 bits per heavy atom. The van der Waals surface area contributed by atoms with E-state index in [0.717, 1.165) is 19.3 Å². The van der Waals surface area contributed by atoms with Crippen LogP contribution in [-0.2, 0) is 0 Å². The molecule has 0 amide bonds. The summed E-state index contributed by atoms with van der Waals surface area (Å²) < 4.78 is 0. The molecule has 1 unspecified atom stereocenters. The zero-order chi connectivity index (χ0) is 7.98. The highest BCUT2D eigenvalue weighted by atomic mass is 16.3. The molecule has 2 heteroatoms. The third-order valence-electron chi connectivity index (χ3n) is 1.73. The summed E-state index contributed by atoms with van der Waals surface area (Å²) in [6.07, 6.45) is 2.73. The Kier molecular flexibility index (Phi) is 5.22. The largest absolute Gasteiger partial charge is 0.396 e. The normalized spacial score (nSPS) is 13.1. The molecule has 2 N–H and O–H groups in total. The van der Waals surface area contributed by atoms with Gasteiger partial charge >= 0.3 is 0 Å². The Morgan fingerprint density at radius 1 is 1.50 bits per heavy atom. The molecular formula is C8H17NO. The van der Waals surface area contributed by atoms with Gasteiger partial charge in [0.05, 0.1) is 6.61 Å². The van der Waals surface area contributed by atoms with Gasteiger partial charge in [-0.05, 0) is 12.8 Å². The standard InChI is InChI=1S/C8H17NO/c1-3-5-8(9)7(4-2)6-10/h7,9-10H,3-6H2,1-2H3. The maximum atomic E-state index is 8.78. The van der Waals surface area contributed by atoms with Crippen molar-refractivity contribution >= 4 is 5.71 Å². The summed E-state index contributed by atoms with van der Waals surface area (Å²) >= 11 is 0. The van der Waals surface area contributed by atoms with Crippen molar-refractivity contribution < 1.29 is 5.11 Å². The molecule has 0 rings (SSSR count). The van der Waals surface area contributed by atoms with E-state index in [0.29, 0.717) is 5.71 Å². The zero-order valence-electron chi connectivity index (χ0n) is 6.85. The van der Waals surface area contributed by atoms with Crippen molar-refractivity contribution in [3.8, 4) is 0 Å². The summed E-state index contributed by atoms with van der Waals surface area (Å²) in [4.78, 5) is 0. The Bertz CT molecular complexity index is 97.4. The highest BCUT2D eigenvalue weighted by molar-refractivity contribution is 5.83. The van der Waals surface area contributed by atoms with Gasteiger partial charge in [-0.1, -0.05) is 20.3 Å². The minimum absolute atomic E-state index is 0.111. The van der Waals surface area contributed by atoms with Gasteiger partial charge in [0.25, 0.3) is 0 Å². The predicted molar refractivity (Wildman–Crippen MR) is 43.5 cm³/mol. The van der Waals surface area contributed by atoms with Crippen LogP contribution in [0.15, 0.2) is 0 Å². The van der Waals surface area contributed by atoms with Crippen LogP contribution < -0.4 is 0 Å². The summed E-state index contributed by atoms with van der Waals surface area (Å²) in [5, 5.41) is 16.3. The maximum Gasteiger partial charge on any atom is 0.0511 e. The molecule has 0 saturated carbocycles. The Balaban J connectivity index is 3.65. The molecule has 60 valence electrons. The molecule has 1 atom stereocenters. The molecule has 0 heterocycles. The highest BCUT2D eigenvalue weighted by Gasteiger charge is 2.08. The third kappa shape index (κ3) is 2.97. The molecule has 0 aromatic rings. The lowest BCUT2D eigenvalue weighted by molar-refractivity contribution is 0.257. The smallest absolute Gasteiger partial charge is 0.0511 e. The molecule has 0 aliphatic heterocycles. The number of aliphatic hydroxyl groups excluding tert-OH is 1. The monoisotopic (exact) mass is 143 g/mol. The first-order valence-corrected chi connectivity index (χ1v) is 3.94. The van der Waals surface area contributed by atoms with Gasteiger partial charge in [0, 0.05) is 11.6 Å². The van der Waals surface area contributed by atoms with Gasteiger partial charge in [-0.15, -0.1) is 0 Å². The molecule has 0 aromatic heterocycles. The van der Waals surface area contributed by atoms with E-state index >= 15 is 0 Å². The number of nitrogens with one attached hydrogen (secondary N) is 1. The molecule has 0 aliphatic rings. The van der Waals surface area contributed by atoms with Crippen molar-refractivity contribution in [1.82, 2.24) is 0 Å². The summed E-state index contributed by atoms with van der Waals surface area (Å²) in [7, 11) is 0. The Labute approximate surface area is 62.8 Å². The fraction of sp³-hybridized carbons (Fsp3) is 0.875. The van der Waals surface area contributed by atoms with E-state index < -0.39 is 0 Å². The van der Waals surface area contributed by atoms with Crippen molar-refractivity contribution in [2.75, 3.05) is 6.61 Å². The number of hydrogen-bond acceptors (Lipinski definition) is 2. The molecule has 2 nitrogen and oxygen atoms in total. The van der Waals surface area contributed by atoms with E-state index in [4.69, 9.17) is 10.5 Å². The third-order valence-corrected chi connectivity index (χ3v) is 1.73. The first-order chi connectivity index (χ1) is 4.76. The van der Waals surface area contributed by atoms with Crippen molar-refractivity contribution in [2.45, 2.75) is 33.1 Å². The number of rotatable bonds is 5. The molecule has 0 radical (unpaired) electrons. The van der Waals surface area contributed by atoms with E-state index in [2.05, 4.69) is 6.92 Å². The minimum Gasteiger partial charge on any atom is -0.396 e. The van der Waals surface area contributed by atoms with Crippen LogP contribution in [0.4, 0.5) is 0 Å². The lowest BCUT2D eigenvalue weighted by Crippen LogP contribution is -2.16. The van der Waals surface area contributed by atoms with Crippen LogP contribution in [0.3, 0.4) is 0 Å². The lowest BCUT2D eigenvalue weighted by atomic mass is 9.98. The molecule has 0 spiro atoms. The van der Waals surface area contributed by atoms with Crippen LogP contribution in [0.5, 0.6) is 0 Å². The Morgan fingerprint density at radius 3 is 2.40 bits per heavy atom. The van der Waals surface area contributed by atoms with Crippen molar-refractivity contribution in [3.05, 3.63) is 0 Å². The average Bonchev–Trinajstić information content (AvgIpc) is 1.91. The van der Waals surface area contributed by atoms with Gasteiger partial charge in [-0.2, -0.15) is 0 Å². The minimum atomic E-state index is 0.111. The van der Waals surface area contributed by atoms with E-state index in [9.17, 15) is 0 Å². The van der Waals surface area contributed by atoms with Gasteiger partial charge < -0.3 is 10.5 Å². The fourth-order valence-electron chi connectivity index (χ4n) is 0.959. The van der Waals surface area contributed by atoms with Crippen LogP contribution in [0.1, 0.15) is 33.1 Å². The second-order valence-electron chi connectivity index (χ2n) is 2.56. The quantitative estimate of drug-likeness (QED) is 0.566. The van der Waals surface area contributed by atoms with Crippen molar-refractivity contribution in [2.24, 2.45) is 5.92 Å². The second kappa shape index (κ2) is 5.42. The summed E-state index contributed by atoms with van der Waals surface area (Å²) in [6.45, 7) is 4.19. The van der Waals surface area contributed by atoms with Gasteiger partial charge in [0.2, 0.25) is 0 Å². The summed E-state index contributed by atoms with van der Waals surface area (Å²) in [6, 6.07) is 0. The molecule has 10 heavy (non-hydrogen) atoms. The Hall–Kier alpha value is -0.370. The van der Waals surface area contributed by atoms with Gasteiger partial charge in [0.15, 0.2) is 0 Å². The van der Waals surface area contributed by atoms with Gasteiger partial charge in [0.1, 0.15) is 0 Å². The van der Waals surface area contributed by atoms with Crippen LogP contribution in [-0.4, -0.2) is 17.4 Å². The number of aliphatic hydroxyl groups is 1. The zero-order valence-corrected chi connectivity index (χ0v) is 6.85. The van der Waals surface area contributed by atoms with Crippen LogP contribution in [0.2, 0.25) is 0 Å². The van der Waals surface area contributed by atoms with E-state index in [1.54, 1.807) is 0 Å². The molecule has 0 bridgehead atoms.